The van der Waals surface area contributed by atoms with Crippen LogP contribution < -0.4 is 10.0 Å². The number of nitrogens with one attached hydrogen (secondary N) is 2. The lowest BCUT2D eigenvalue weighted by molar-refractivity contribution is -0.121. The Labute approximate surface area is 147 Å². The monoisotopic (exact) mass is 419 g/mol. The van der Waals surface area contributed by atoms with E-state index >= 15 is 0 Å². The Kier molecular flexibility index (Phi) is 5.96. The summed E-state index contributed by atoms with van der Waals surface area (Å²) in [6.07, 6.45) is 2.81. The minimum absolute atomic E-state index is 0.0634. The molecule has 2 aromatic rings. The van der Waals surface area contributed by atoms with Gasteiger partial charge in [0.25, 0.3) is 0 Å². The molecule has 2 N–H and O–H groups in total. The summed E-state index contributed by atoms with van der Waals surface area (Å²) < 4.78 is 24.9. The lowest BCUT2D eigenvalue weighted by atomic mass is 10.1. The molecule has 0 fully saturated rings. The molecule has 1 amide bonds. The number of benzene rings is 1. The van der Waals surface area contributed by atoms with E-state index in [-0.39, 0.29) is 25.4 Å². The highest BCUT2D eigenvalue weighted by molar-refractivity contribution is 9.10. The molecular formula is C14H15BrClN3O3S. The molecule has 1 heterocycles. The van der Waals surface area contributed by atoms with E-state index in [1.165, 1.54) is 0 Å². The van der Waals surface area contributed by atoms with Crippen LogP contribution in [0.4, 0.5) is 0 Å². The zero-order valence-electron chi connectivity index (χ0n) is 12.3. The van der Waals surface area contributed by atoms with Gasteiger partial charge in [-0.25, -0.2) is 13.1 Å². The van der Waals surface area contributed by atoms with E-state index in [4.69, 9.17) is 11.6 Å². The van der Waals surface area contributed by atoms with Gasteiger partial charge < -0.3 is 5.32 Å². The second kappa shape index (κ2) is 7.57. The predicted molar refractivity (Wildman–Crippen MR) is 93.8 cm³/mol. The fraction of sp³-hybridized carbons (Fsp3) is 0.286. The van der Waals surface area contributed by atoms with E-state index in [2.05, 4.69) is 31.0 Å². The number of fused-ring (bicyclic) bond motifs is 1. The maximum Gasteiger partial charge on any atom is 0.221 e. The van der Waals surface area contributed by atoms with Gasteiger partial charge in [0.15, 0.2) is 0 Å². The first-order valence-corrected chi connectivity index (χ1v) is 9.76. The first-order valence-electron chi connectivity index (χ1n) is 6.70. The van der Waals surface area contributed by atoms with Crippen molar-refractivity contribution in [1.29, 1.82) is 0 Å². The Hall–Kier alpha value is -1.22. The number of pyridine rings is 1. The third-order valence-corrected chi connectivity index (χ3v) is 4.88. The van der Waals surface area contributed by atoms with Crippen molar-refractivity contribution in [2.75, 3.05) is 12.8 Å². The highest BCUT2D eigenvalue weighted by atomic mass is 79.9. The highest BCUT2D eigenvalue weighted by Crippen LogP contribution is 2.28. The molecule has 0 saturated heterocycles. The van der Waals surface area contributed by atoms with Crippen molar-refractivity contribution in [3.8, 4) is 0 Å². The molecule has 0 aliphatic rings. The molecule has 0 saturated carbocycles. The number of hydrogen-bond acceptors (Lipinski definition) is 4. The van der Waals surface area contributed by atoms with Crippen LogP contribution in [0.25, 0.3) is 10.8 Å². The normalized spacial score (nSPS) is 11.6. The van der Waals surface area contributed by atoms with Crippen molar-refractivity contribution < 1.29 is 13.2 Å². The van der Waals surface area contributed by atoms with Crippen LogP contribution >= 0.6 is 27.5 Å². The SMILES string of the molecule is CS(=O)(=O)NCCC(=O)NCc1ncc2cc(Cl)ccc2c1Br. The number of carbonyl (C=O) groups excluding carboxylic acids is 1. The van der Waals surface area contributed by atoms with Gasteiger partial charge in [0, 0.05) is 34.0 Å². The van der Waals surface area contributed by atoms with Gasteiger partial charge in [-0.3, -0.25) is 9.78 Å². The van der Waals surface area contributed by atoms with Crippen molar-refractivity contribution in [3.05, 3.63) is 39.6 Å². The van der Waals surface area contributed by atoms with Gasteiger partial charge in [-0.1, -0.05) is 17.7 Å². The zero-order valence-corrected chi connectivity index (χ0v) is 15.4. The summed E-state index contributed by atoms with van der Waals surface area (Å²) in [5, 5.41) is 5.19. The molecule has 0 spiro atoms. The van der Waals surface area contributed by atoms with Gasteiger partial charge in [-0.15, -0.1) is 0 Å². The Morgan fingerprint density at radius 3 is 2.83 bits per heavy atom. The maximum absolute atomic E-state index is 11.7. The quantitative estimate of drug-likeness (QED) is 0.750. The van der Waals surface area contributed by atoms with E-state index in [0.717, 1.165) is 21.5 Å². The standard InChI is InChI=1S/C14H15BrClN3O3S/c1-23(21,22)19-5-4-13(20)18-8-12-14(15)11-3-2-10(16)6-9(11)7-17-12/h2-3,6-7,19H,4-5,8H2,1H3,(H,18,20). The minimum atomic E-state index is -3.28. The molecular weight excluding hydrogens is 406 g/mol. The molecule has 23 heavy (non-hydrogen) atoms. The topological polar surface area (TPSA) is 88.2 Å². The fourth-order valence-electron chi connectivity index (χ4n) is 1.94. The first-order chi connectivity index (χ1) is 10.8. The summed E-state index contributed by atoms with van der Waals surface area (Å²) in [4.78, 5) is 16.0. The number of halogens is 2. The predicted octanol–water partition coefficient (Wildman–Crippen LogP) is 2.21. The second-order valence-corrected chi connectivity index (χ2v) is 8.01. The lowest BCUT2D eigenvalue weighted by Gasteiger charge is -2.09. The zero-order chi connectivity index (χ0) is 17.0. The largest absolute Gasteiger partial charge is 0.350 e. The molecule has 0 aliphatic heterocycles. The molecule has 0 radical (unpaired) electrons. The fourth-order valence-corrected chi connectivity index (χ4v) is 3.20. The molecule has 9 heteroatoms. The van der Waals surface area contributed by atoms with Crippen LogP contribution in [-0.2, 0) is 21.4 Å². The van der Waals surface area contributed by atoms with E-state index < -0.39 is 10.0 Å². The van der Waals surface area contributed by atoms with Gasteiger partial charge >= 0.3 is 0 Å². The molecule has 2 rings (SSSR count). The Morgan fingerprint density at radius 2 is 2.13 bits per heavy atom. The number of rotatable bonds is 6. The molecule has 0 aliphatic carbocycles. The molecule has 1 aromatic carbocycles. The number of carbonyl (C=O) groups is 1. The molecule has 124 valence electrons. The van der Waals surface area contributed by atoms with Gasteiger partial charge in [0.05, 0.1) is 18.5 Å². The van der Waals surface area contributed by atoms with Gasteiger partial charge in [-0.05, 0) is 33.4 Å². The Morgan fingerprint density at radius 1 is 1.39 bits per heavy atom. The van der Waals surface area contributed by atoms with E-state index in [0.29, 0.717) is 10.7 Å². The molecule has 0 bridgehead atoms. The van der Waals surface area contributed by atoms with Crippen LogP contribution in [0.3, 0.4) is 0 Å². The van der Waals surface area contributed by atoms with Gasteiger partial charge in [-0.2, -0.15) is 0 Å². The van der Waals surface area contributed by atoms with Crippen LogP contribution in [0.2, 0.25) is 5.02 Å². The summed E-state index contributed by atoms with van der Waals surface area (Å²) in [5.41, 5.74) is 0.684. The summed E-state index contributed by atoms with van der Waals surface area (Å²) in [6, 6.07) is 5.48. The number of hydrogen-bond donors (Lipinski definition) is 2. The third-order valence-electron chi connectivity index (χ3n) is 3.03. The van der Waals surface area contributed by atoms with E-state index in [9.17, 15) is 13.2 Å². The van der Waals surface area contributed by atoms with Gasteiger partial charge in [0.1, 0.15) is 0 Å². The number of sulfonamides is 1. The summed E-state index contributed by atoms with van der Waals surface area (Å²) in [6.45, 7) is 0.312. The van der Waals surface area contributed by atoms with Crippen molar-refractivity contribution >= 4 is 54.2 Å². The number of aromatic nitrogens is 1. The van der Waals surface area contributed by atoms with Crippen LogP contribution in [0.1, 0.15) is 12.1 Å². The van der Waals surface area contributed by atoms with Crippen LogP contribution in [0.5, 0.6) is 0 Å². The average Bonchev–Trinajstić information content (AvgIpc) is 2.45. The smallest absolute Gasteiger partial charge is 0.221 e. The van der Waals surface area contributed by atoms with Crippen LogP contribution in [0, 0.1) is 0 Å². The Balaban J connectivity index is 1.98. The van der Waals surface area contributed by atoms with Crippen LogP contribution in [0.15, 0.2) is 28.9 Å². The van der Waals surface area contributed by atoms with E-state index in [1.54, 1.807) is 12.3 Å². The molecule has 6 nitrogen and oxygen atoms in total. The van der Waals surface area contributed by atoms with Crippen molar-refractivity contribution in [2.45, 2.75) is 13.0 Å². The average molecular weight is 421 g/mol. The third kappa shape index (κ3) is 5.42. The van der Waals surface area contributed by atoms with Crippen molar-refractivity contribution in [1.82, 2.24) is 15.0 Å². The van der Waals surface area contributed by atoms with Crippen molar-refractivity contribution in [3.63, 3.8) is 0 Å². The molecule has 0 unspecified atom stereocenters. The van der Waals surface area contributed by atoms with Crippen LogP contribution in [-0.4, -0.2) is 32.1 Å². The maximum atomic E-state index is 11.7. The molecule has 1 aromatic heterocycles. The number of amides is 1. The molecule has 0 atom stereocenters. The summed E-state index contributed by atoms with van der Waals surface area (Å²) >= 11 is 9.43. The number of nitrogens with zero attached hydrogens (tertiary/aromatic N) is 1. The van der Waals surface area contributed by atoms with E-state index in [1.807, 2.05) is 12.1 Å². The first kappa shape index (κ1) is 18.1. The second-order valence-electron chi connectivity index (χ2n) is 4.94. The highest BCUT2D eigenvalue weighted by Gasteiger charge is 2.09. The lowest BCUT2D eigenvalue weighted by Crippen LogP contribution is -2.30. The minimum Gasteiger partial charge on any atom is -0.350 e. The summed E-state index contributed by atoms with van der Waals surface area (Å²) in [7, 11) is -3.28. The summed E-state index contributed by atoms with van der Waals surface area (Å²) in [5.74, 6) is -0.258. The Bertz CT molecular complexity index is 843. The van der Waals surface area contributed by atoms with Crippen molar-refractivity contribution in [2.24, 2.45) is 0 Å². The van der Waals surface area contributed by atoms with Gasteiger partial charge in [0.2, 0.25) is 15.9 Å².